The lowest BCUT2D eigenvalue weighted by Gasteiger charge is -2.52. The summed E-state index contributed by atoms with van der Waals surface area (Å²) >= 11 is 0. The summed E-state index contributed by atoms with van der Waals surface area (Å²) in [6, 6.07) is 0. The normalized spacial score (nSPS) is 39.1. The predicted octanol–water partition coefficient (Wildman–Crippen LogP) is 2.80. The van der Waals surface area contributed by atoms with Gasteiger partial charge in [-0.05, 0) is 56.4 Å². The van der Waals surface area contributed by atoms with Gasteiger partial charge in [-0.2, -0.15) is 0 Å². The second-order valence-electron chi connectivity index (χ2n) is 6.75. The van der Waals surface area contributed by atoms with Crippen LogP contribution in [0.3, 0.4) is 0 Å². The van der Waals surface area contributed by atoms with E-state index in [0.29, 0.717) is 13.0 Å². The number of hydrogen-bond donors (Lipinski definition) is 0. The van der Waals surface area contributed by atoms with Gasteiger partial charge in [0.1, 0.15) is 0 Å². The van der Waals surface area contributed by atoms with Crippen molar-refractivity contribution in [1.82, 2.24) is 4.90 Å². The van der Waals surface area contributed by atoms with E-state index in [4.69, 9.17) is 4.74 Å². The minimum absolute atomic E-state index is 0.0141. The van der Waals surface area contributed by atoms with Gasteiger partial charge in [-0.3, -0.25) is 4.79 Å². The van der Waals surface area contributed by atoms with Crippen LogP contribution in [0.4, 0.5) is 0 Å². The Bertz CT molecular complexity index is 300. The first-order valence-corrected chi connectivity index (χ1v) is 7.87. The third-order valence-corrected chi connectivity index (χ3v) is 5.34. The van der Waals surface area contributed by atoms with Crippen molar-refractivity contribution in [1.29, 1.82) is 0 Å². The van der Waals surface area contributed by atoms with Crippen molar-refractivity contribution in [2.24, 2.45) is 29.6 Å². The summed E-state index contributed by atoms with van der Waals surface area (Å²) in [6.45, 7) is 9.59. The maximum absolute atomic E-state index is 11.6. The highest BCUT2D eigenvalue weighted by atomic mass is 16.5. The van der Waals surface area contributed by atoms with E-state index < -0.39 is 0 Å². The van der Waals surface area contributed by atoms with Gasteiger partial charge >= 0.3 is 5.97 Å². The standard InChI is InChI=1S/C16H29NO2/c1-5-19-16(18)7-6-13-14-9-17(4)10-15(13)12(3)8-11(14)2/h11-15H,5-10H2,1-4H3. The highest BCUT2D eigenvalue weighted by Gasteiger charge is 2.44. The zero-order valence-corrected chi connectivity index (χ0v) is 12.9. The molecule has 2 fully saturated rings. The number of carbonyl (C=O) groups is 1. The van der Waals surface area contributed by atoms with Crippen molar-refractivity contribution in [2.45, 2.75) is 40.0 Å². The zero-order chi connectivity index (χ0) is 14.0. The minimum atomic E-state index is -0.0141. The number of likely N-dealkylation sites (tertiary alicyclic amines) is 1. The third kappa shape index (κ3) is 3.31. The molecular formula is C16H29NO2. The van der Waals surface area contributed by atoms with E-state index in [2.05, 4.69) is 25.8 Å². The molecule has 3 heteroatoms. The fraction of sp³-hybridized carbons (Fsp3) is 0.938. The summed E-state index contributed by atoms with van der Waals surface area (Å²) in [5.74, 6) is 3.84. The number of esters is 1. The molecule has 0 aromatic heterocycles. The van der Waals surface area contributed by atoms with Crippen LogP contribution < -0.4 is 0 Å². The van der Waals surface area contributed by atoms with E-state index >= 15 is 0 Å². The molecule has 2 bridgehead atoms. The fourth-order valence-corrected chi connectivity index (χ4v) is 4.47. The SMILES string of the molecule is CCOC(=O)CCC1C2CN(C)CC1C(C)CC2C. The maximum Gasteiger partial charge on any atom is 0.305 e. The maximum atomic E-state index is 11.6. The summed E-state index contributed by atoms with van der Waals surface area (Å²) < 4.78 is 5.08. The second-order valence-corrected chi connectivity index (χ2v) is 6.75. The molecule has 1 heterocycles. The first-order chi connectivity index (χ1) is 9.02. The Hall–Kier alpha value is -0.570. The number of ether oxygens (including phenoxy) is 1. The molecule has 1 saturated heterocycles. The van der Waals surface area contributed by atoms with Gasteiger partial charge in [0.05, 0.1) is 6.61 Å². The van der Waals surface area contributed by atoms with E-state index in [0.717, 1.165) is 36.0 Å². The second kappa shape index (κ2) is 6.25. The molecule has 1 saturated carbocycles. The van der Waals surface area contributed by atoms with E-state index in [-0.39, 0.29) is 5.97 Å². The Morgan fingerprint density at radius 2 is 1.79 bits per heavy atom. The van der Waals surface area contributed by atoms with Crippen LogP contribution in [0.5, 0.6) is 0 Å². The van der Waals surface area contributed by atoms with Crippen molar-refractivity contribution in [2.75, 3.05) is 26.7 Å². The van der Waals surface area contributed by atoms with Crippen LogP contribution in [0.25, 0.3) is 0 Å². The monoisotopic (exact) mass is 267 g/mol. The number of fused-ring (bicyclic) bond motifs is 2. The first kappa shape index (κ1) is 14.8. The lowest BCUT2D eigenvalue weighted by Crippen LogP contribution is -2.52. The van der Waals surface area contributed by atoms with Crippen LogP contribution in [0, 0.1) is 29.6 Å². The third-order valence-electron chi connectivity index (χ3n) is 5.34. The summed E-state index contributed by atoms with van der Waals surface area (Å²) in [4.78, 5) is 14.1. The van der Waals surface area contributed by atoms with Gasteiger partial charge in [0.25, 0.3) is 0 Å². The van der Waals surface area contributed by atoms with Crippen molar-refractivity contribution in [3.8, 4) is 0 Å². The Labute approximate surface area is 117 Å². The molecule has 4 atom stereocenters. The molecule has 19 heavy (non-hydrogen) atoms. The lowest BCUT2D eigenvalue weighted by molar-refractivity contribution is -0.144. The molecule has 1 aliphatic carbocycles. The molecule has 2 aliphatic rings. The van der Waals surface area contributed by atoms with Crippen LogP contribution in [-0.2, 0) is 9.53 Å². The van der Waals surface area contributed by atoms with E-state index in [9.17, 15) is 4.79 Å². The summed E-state index contributed by atoms with van der Waals surface area (Å²) in [5, 5.41) is 0. The molecule has 0 amide bonds. The van der Waals surface area contributed by atoms with Gasteiger partial charge in [-0.25, -0.2) is 0 Å². The smallest absolute Gasteiger partial charge is 0.305 e. The van der Waals surface area contributed by atoms with Crippen molar-refractivity contribution in [3.63, 3.8) is 0 Å². The van der Waals surface area contributed by atoms with Gasteiger partial charge in [0, 0.05) is 19.5 Å². The minimum Gasteiger partial charge on any atom is -0.466 e. The van der Waals surface area contributed by atoms with E-state index in [1.807, 2.05) is 6.92 Å². The van der Waals surface area contributed by atoms with Gasteiger partial charge in [-0.15, -0.1) is 0 Å². The summed E-state index contributed by atoms with van der Waals surface area (Å²) in [5.41, 5.74) is 0. The Balaban J connectivity index is 1.99. The molecule has 0 spiro atoms. The molecule has 2 rings (SSSR count). The molecule has 0 aromatic rings. The van der Waals surface area contributed by atoms with Crippen LogP contribution in [0.15, 0.2) is 0 Å². The highest BCUT2D eigenvalue weighted by Crippen LogP contribution is 2.47. The quantitative estimate of drug-likeness (QED) is 0.734. The average Bonchev–Trinajstić information content (AvgIpc) is 2.35. The van der Waals surface area contributed by atoms with E-state index in [1.54, 1.807) is 0 Å². The summed E-state index contributed by atoms with van der Waals surface area (Å²) in [7, 11) is 2.24. The summed E-state index contributed by atoms with van der Waals surface area (Å²) in [6.07, 6.45) is 2.99. The topological polar surface area (TPSA) is 29.5 Å². The van der Waals surface area contributed by atoms with Gasteiger partial charge in [0.15, 0.2) is 0 Å². The average molecular weight is 267 g/mol. The molecule has 0 aromatic carbocycles. The molecular weight excluding hydrogens is 238 g/mol. The number of piperidine rings is 1. The highest BCUT2D eigenvalue weighted by molar-refractivity contribution is 5.69. The molecule has 4 unspecified atom stereocenters. The number of carbonyl (C=O) groups excluding carboxylic acids is 1. The lowest BCUT2D eigenvalue weighted by atomic mass is 9.59. The van der Waals surface area contributed by atoms with Crippen molar-refractivity contribution in [3.05, 3.63) is 0 Å². The molecule has 1 aliphatic heterocycles. The van der Waals surface area contributed by atoms with Crippen LogP contribution in [0.2, 0.25) is 0 Å². The van der Waals surface area contributed by atoms with Crippen molar-refractivity contribution >= 4 is 5.97 Å². The largest absolute Gasteiger partial charge is 0.466 e. The fourth-order valence-electron chi connectivity index (χ4n) is 4.47. The number of hydrogen-bond acceptors (Lipinski definition) is 3. The van der Waals surface area contributed by atoms with Crippen LogP contribution in [-0.4, -0.2) is 37.6 Å². The van der Waals surface area contributed by atoms with Gasteiger partial charge < -0.3 is 9.64 Å². The van der Waals surface area contributed by atoms with Crippen LogP contribution in [0.1, 0.15) is 40.0 Å². The van der Waals surface area contributed by atoms with Crippen molar-refractivity contribution < 1.29 is 9.53 Å². The van der Waals surface area contributed by atoms with Gasteiger partial charge in [-0.1, -0.05) is 13.8 Å². The number of rotatable bonds is 4. The molecule has 0 N–H and O–H groups in total. The van der Waals surface area contributed by atoms with Gasteiger partial charge in [0.2, 0.25) is 0 Å². The predicted molar refractivity (Wildman–Crippen MR) is 76.8 cm³/mol. The van der Waals surface area contributed by atoms with Crippen LogP contribution >= 0.6 is 0 Å². The number of nitrogens with zero attached hydrogens (tertiary/aromatic N) is 1. The molecule has 3 nitrogen and oxygen atoms in total. The Kier molecular flexibility index (Phi) is 4.88. The Morgan fingerprint density at radius 1 is 1.21 bits per heavy atom. The Morgan fingerprint density at radius 3 is 2.32 bits per heavy atom. The molecule has 0 radical (unpaired) electrons. The zero-order valence-electron chi connectivity index (χ0n) is 12.9. The van der Waals surface area contributed by atoms with E-state index in [1.165, 1.54) is 19.5 Å². The first-order valence-electron chi connectivity index (χ1n) is 7.87. The molecule has 110 valence electrons.